The number of aliphatic hydroxyl groups is 1. The molecule has 1 amide bonds. The summed E-state index contributed by atoms with van der Waals surface area (Å²) in [6.07, 6.45) is 4.84. The summed E-state index contributed by atoms with van der Waals surface area (Å²) in [7, 11) is 0. The van der Waals surface area contributed by atoms with Gasteiger partial charge >= 0.3 is 0 Å². The number of benzene rings is 2. The van der Waals surface area contributed by atoms with Crippen LogP contribution in [0.2, 0.25) is 0 Å². The van der Waals surface area contributed by atoms with Gasteiger partial charge in [-0.25, -0.2) is 0 Å². The van der Waals surface area contributed by atoms with Crippen LogP contribution in [0.1, 0.15) is 40.4 Å². The first-order valence-corrected chi connectivity index (χ1v) is 9.29. The number of hydrogen-bond acceptors (Lipinski definition) is 3. The van der Waals surface area contributed by atoms with Gasteiger partial charge in [0.1, 0.15) is 0 Å². The molecule has 138 valence electrons. The summed E-state index contributed by atoms with van der Waals surface area (Å²) in [6.45, 7) is 0.630. The maximum atomic E-state index is 12.9. The van der Waals surface area contributed by atoms with E-state index < -0.39 is 0 Å². The summed E-state index contributed by atoms with van der Waals surface area (Å²) in [5, 5.41) is 17.1. The Labute approximate surface area is 158 Å². The van der Waals surface area contributed by atoms with E-state index in [0.717, 1.165) is 24.0 Å². The van der Waals surface area contributed by atoms with Crippen molar-refractivity contribution in [3.05, 3.63) is 89.7 Å². The highest BCUT2D eigenvalue weighted by atomic mass is 16.3. The average Bonchev–Trinajstić information content (AvgIpc) is 3.17. The highest BCUT2D eigenvalue weighted by Crippen LogP contribution is 2.38. The molecule has 1 aromatic heterocycles. The SMILES string of the molecule is O=C(NC(c1ccccc1)C1CC(O)C1)c1cccc(Cn2cccn2)c1. The van der Waals surface area contributed by atoms with Crippen LogP contribution in [0.25, 0.3) is 0 Å². The molecule has 1 aliphatic carbocycles. The number of aliphatic hydroxyl groups excluding tert-OH is 1. The Balaban J connectivity index is 1.51. The van der Waals surface area contributed by atoms with Gasteiger partial charge in [0.25, 0.3) is 5.91 Å². The second-order valence-corrected chi connectivity index (χ2v) is 7.15. The molecular formula is C22H23N3O2. The molecule has 1 unspecified atom stereocenters. The zero-order valence-corrected chi connectivity index (χ0v) is 15.0. The minimum atomic E-state index is -0.254. The predicted octanol–water partition coefficient (Wildman–Crippen LogP) is 3.17. The Hall–Kier alpha value is -2.92. The van der Waals surface area contributed by atoms with Gasteiger partial charge in [-0.15, -0.1) is 0 Å². The van der Waals surface area contributed by atoms with E-state index >= 15 is 0 Å². The summed E-state index contributed by atoms with van der Waals surface area (Å²) in [6, 6.07) is 19.4. The van der Waals surface area contributed by atoms with Crippen molar-refractivity contribution in [3.8, 4) is 0 Å². The lowest BCUT2D eigenvalue weighted by Crippen LogP contribution is -2.41. The van der Waals surface area contributed by atoms with Crippen molar-refractivity contribution in [3.63, 3.8) is 0 Å². The predicted molar refractivity (Wildman–Crippen MR) is 103 cm³/mol. The van der Waals surface area contributed by atoms with Crippen LogP contribution in [-0.2, 0) is 6.54 Å². The first kappa shape index (κ1) is 17.5. The monoisotopic (exact) mass is 361 g/mol. The van der Waals surface area contributed by atoms with E-state index in [2.05, 4.69) is 10.4 Å². The van der Waals surface area contributed by atoms with Gasteiger partial charge < -0.3 is 10.4 Å². The molecule has 4 rings (SSSR count). The Bertz CT molecular complexity index is 887. The normalized spacial score (nSPS) is 19.9. The summed E-state index contributed by atoms with van der Waals surface area (Å²) < 4.78 is 1.83. The van der Waals surface area contributed by atoms with Gasteiger partial charge in [0.2, 0.25) is 0 Å². The third-order valence-corrected chi connectivity index (χ3v) is 5.16. The zero-order chi connectivity index (χ0) is 18.6. The highest BCUT2D eigenvalue weighted by molar-refractivity contribution is 5.94. The molecule has 1 atom stereocenters. The molecule has 1 heterocycles. The maximum absolute atomic E-state index is 12.9. The zero-order valence-electron chi connectivity index (χ0n) is 15.0. The van der Waals surface area contributed by atoms with E-state index in [9.17, 15) is 9.90 Å². The van der Waals surface area contributed by atoms with Crippen molar-refractivity contribution < 1.29 is 9.90 Å². The van der Waals surface area contributed by atoms with Crippen LogP contribution in [-0.4, -0.2) is 26.9 Å². The Morgan fingerprint density at radius 1 is 1.15 bits per heavy atom. The van der Waals surface area contributed by atoms with Crippen LogP contribution in [0.15, 0.2) is 73.1 Å². The molecule has 0 bridgehead atoms. The second kappa shape index (κ2) is 7.76. The Morgan fingerprint density at radius 3 is 2.67 bits per heavy atom. The molecule has 1 saturated carbocycles. The smallest absolute Gasteiger partial charge is 0.251 e. The molecule has 0 spiro atoms. The third-order valence-electron chi connectivity index (χ3n) is 5.16. The van der Waals surface area contributed by atoms with Gasteiger partial charge in [0.15, 0.2) is 0 Å². The van der Waals surface area contributed by atoms with Crippen LogP contribution in [0.5, 0.6) is 0 Å². The number of rotatable bonds is 6. The van der Waals surface area contributed by atoms with Gasteiger partial charge in [0, 0.05) is 18.0 Å². The average molecular weight is 361 g/mol. The van der Waals surface area contributed by atoms with E-state index in [1.165, 1.54) is 0 Å². The molecule has 0 saturated heterocycles. The van der Waals surface area contributed by atoms with Gasteiger partial charge in [-0.3, -0.25) is 9.48 Å². The van der Waals surface area contributed by atoms with Crippen molar-refractivity contribution in [2.45, 2.75) is 31.5 Å². The molecule has 1 fully saturated rings. The minimum Gasteiger partial charge on any atom is -0.393 e. The van der Waals surface area contributed by atoms with Gasteiger partial charge in [-0.05, 0) is 48.1 Å². The van der Waals surface area contributed by atoms with Crippen molar-refractivity contribution in [1.82, 2.24) is 15.1 Å². The third kappa shape index (κ3) is 4.09. The van der Waals surface area contributed by atoms with Gasteiger partial charge in [-0.1, -0.05) is 42.5 Å². The molecule has 2 N–H and O–H groups in total. The number of nitrogens with one attached hydrogen (secondary N) is 1. The van der Waals surface area contributed by atoms with Crippen LogP contribution in [0.3, 0.4) is 0 Å². The van der Waals surface area contributed by atoms with Crippen molar-refractivity contribution in [2.75, 3.05) is 0 Å². The highest BCUT2D eigenvalue weighted by Gasteiger charge is 2.35. The number of carbonyl (C=O) groups excluding carboxylic acids is 1. The molecule has 1 aliphatic rings. The minimum absolute atomic E-state index is 0.0862. The number of hydrogen-bond donors (Lipinski definition) is 2. The number of aromatic nitrogens is 2. The molecule has 5 nitrogen and oxygen atoms in total. The number of amides is 1. The van der Waals surface area contributed by atoms with Crippen LogP contribution in [0.4, 0.5) is 0 Å². The van der Waals surface area contributed by atoms with E-state index in [-0.39, 0.29) is 24.0 Å². The van der Waals surface area contributed by atoms with Crippen LogP contribution < -0.4 is 5.32 Å². The Kier molecular flexibility index (Phi) is 5.03. The molecule has 0 aliphatic heterocycles. The first-order chi connectivity index (χ1) is 13.2. The fraction of sp³-hybridized carbons (Fsp3) is 0.273. The Morgan fingerprint density at radius 2 is 1.96 bits per heavy atom. The summed E-state index contributed by atoms with van der Waals surface area (Å²) in [5.41, 5.74) is 2.75. The lowest BCUT2D eigenvalue weighted by Gasteiger charge is -2.38. The largest absolute Gasteiger partial charge is 0.393 e. The quantitative estimate of drug-likeness (QED) is 0.709. The van der Waals surface area contributed by atoms with Crippen LogP contribution >= 0.6 is 0 Å². The molecular weight excluding hydrogens is 338 g/mol. The number of carbonyl (C=O) groups is 1. The van der Waals surface area contributed by atoms with E-state index in [0.29, 0.717) is 12.1 Å². The van der Waals surface area contributed by atoms with Crippen molar-refractivity contribution >= 4 is 5.91 Å². The summed E-state index contributed by atoms with van der Waals surface area (Å²) in [5.74, 6) is 0.172. The maximum Gasteiger partial charge on any atom is 0.251 e. The van der Waals surface area contributed by atoms with E-state index in [4.69, 9.17) is 0 Å². The lowest BCUT2D eigenvalue weighted by molar-refractivity contribution is 0.0235. The summed E-state index contributed by atoms with van der Waals surface area (Å²) >= 11 is 0. The van der Waals surface area contributed by atoms with Crippen molar-refractivity contribution in [1.29, 1.82) is 0 Å². The summed E-state index contributed by atoms with van der Waals surface area (Å²) in [4.78, 5) is 12.9. The van der Waals surface area contributed by atoms with Crippen molar-refractivity contribution in [2.24, 2.45) is 5.92 Å². The molecule has 3 aromatic rings. The fourth-order valence-electron chi connectivity index (χ4n) is 3.65. The van der Waals surface area contributed by atoms with E-state index in [1.807, 2.05) is 71.5 Å². The second-order valence-electron chi connectivity index (χ2n) is 7.15. The van der Waals surface area contributed by atoms with Crippen LogP contribution in [0, 0.1) is 5.92 Å². The van der Waals surface area contributed by atoms with Gasteiger partial charge in [-0.2, -0.15) is 5.10 Å². The molecule has 2 aromatic carbocycles. The lowest BCUT2D eigenvalue weighted by atomic mass is 9.75. The standard InChI is InChI=1S/C22H23N3O2/c26-20-13-19(14-20)21(17-7-2-1-3-8-17)24-22(27)18-9-4-6-16(12-18)15-25-11-5-10-23-25/h1-12,19-21,26H,13-15H2,(H,24,27). The first-order valence-electron chi connectivity index (χ1n) is 9.29. The van der Waals surface area contributed by atoms with Gasteiger partial charge in [0.05, 0.1) is 18.7 Å². The molecule has 27 heavy (non-hydrogen) atoms. The number of nitrogens with zero attached hydrogens (tertiary/aromatic N) is 2. The fourth-order valence-corrected chi connectivity index (χ4v) is 3.65. The molecule has 5 heteroatoms. The van der Waals surface area contributed by atoms with E-state index in [1.54, 1.807) is 6.20 Å². The molecule has 0 radical (unpaired) electrons. The topological polar surface area (TPSA) is 67.2 Å².